The predicted octanol–water partition coefficient (Wildman–Crippen LogP) is 2.87. The zero-order chi connectivity index (χ0) is 29.2. The van der Waals surface area contributed by atoms with E-state index in [0.717, 1.165) is 24.0 Å². The fourth-order valence-corrected chi connectivity index (χ4v) is 7.49. The van der Waals surface area contributed by atoms with Gasteiger partial charge < -0.3 is 29.5 Å². The van der Waals surface area contributed by atoms with Crippen LogP contribution < -0.4 is 10.1 Å². The van der Waals surface area contributed by atoms with Gasteiger partial charge in [0.25, 0.3) is 5.91 Å². The summed E-state index contributed by atoms with van der Waals surface area (Å²) in [5.41, 5.74) is 3.63. The van der Waals surface area contributed by atoms with Crippen molar-refractivity contribution in [3.63, 3.8) is 0 Å². The van der Waals surface area contributed by atoms with E-state index in [0.29, 0.717) is 69.1 Å². The average molecular weight is 596 g/mol. The number of cyclic esters (lactones) is 1. The number of nitrogens with zero attached hydrogens (tertiary/aromatic N) is 4. The summed E-state index contributed by atoms with van der Waals surface area (Å²) in [4.78, 5) is 62.4. The predicted molar refractivity (Wildman–Crippen MR) is 154 cm³/mol. The van der Waals surface area contributed by atoms with Crippen LogP contribution in [0, 0.1) is 11.8 Å². The monoisotopic (exact) mass is 595 g/mol. The number of carbonyl (C=O) groups is 4. The van der Waals surface area contributed by atoms with E-state index in [4.69, 9.17) is 9.47 Å². The summed E-state index contributed by atoms with van der Waals surface area (Å²) in [5, 5.41) is 2.75. The molecule has 0 bridgehead atoms. The van der Waals surface area contributed by atoms with Gasteiger partial charge in [-0.05, 0) is 30.9 Å². The van der Waals surface area contributed by atoms with E-state index in [1.807, 2.05) is 17.0 Å². The number of thiazole rings is 1. The van der Waals surface area contributed by atoms with Crippen LogP contribution in [0.25, 0.3) is 0 Å². The maximum absolute atomic E-state index is 14.3. The van der Waals surface area contributed by atoms with Crippen molar-refractivity contribution in [1.82, 2.24) is 25.0 Å². The smallest absolute Gasteiger partial charge is 0.410 e. The summed E-state index contributed by atoms with van der Waals surface area (Å²) in [7, 11) is 1.62. The summed E-state index contributed by atoms with van der Waals surface area (Å²) < 4.78 is 11.8. The fraction of sp³-hybridized carbons (Fsp3) is 0.567. The number of nitrogens with one attached hydrogen (secondary N) is 1. The molecule has 42 heavy (non-hydrogen) atoms. The van der Waals surface area contributed by atoms with Crippen LogP contribution in [0.4, 0.5) is 4.79 Å². The van der Waals surface area contributed by atoms with E-state index in [2.05, 4.69) is 16.4 Å². The lowest BCUT2D eigenvalue weighted by Gasteiger charge is -2.42. The number of rotatable bonds is 7. The van der Waals surface area contributed by atoms with Crippen molar-refractivity contribution < 1.29 is 28.7 Å². The minimum Gasteiger partial charge on any atom is -0.488 e. The van der Waals surface area contributed by atoms with Crippen LogP contribution in [0.3, 0.4) is 0 Å². The molecule has 4 aliphatic rings. The Kier molecular flexibility index (Phi) is 8.32. The lowest BCUT2D eigenvalue weighted by molar-refractivity contribution is -0.146. The van der Waals surface area contributed by atoms with Crippen molar-refractivity contribution in [3.8, 4) is 5.75 Å². The summed E-state index contributed by atoms with van der Waals surface area (Å²) in [6.45, 7) is 2.61. The average Bonchev–Trinajstić information content (AvgIpc) is 3.80. The minimum absolute atomic E-state index is 0.0384. The second-order valence-electron chi connectivity index (χ2n) is 11.4. The zero-order valence-electron chi connectivity index (χ0n) is 23.8. The van der Waals surface area contributed by atoms with Crippen LogP contribution in [-0.4, -0.2) is 96.0 Å². The molecule has 4 heterocycles. The van der Waals surface area contributed by atoms with Gasteiger partial charge in [-0.1, -0.05) is 25.0 Å². The molecule has 3 aliphatic heterocycles. The molecule has 11 nitrogen and oxygen atoms in total. The van der Waals surface area contributed by atoms with Crippen LogP contribution in [0.15, 0.2) is 29.9 Å². The molecule has 4 atom stereocenters. The number of benzene rings is 1. The van der Waals surface area contributed by atoms with E-state index < -0.39 is 12.0 Å². The Balaban J connectivity index is 1.28. The molecule has 1 saturated carbocycles. The lowest BCUT2D eigenvalue weighted by atomic mass is 9.77. The van der Waals surface area contributed by atoms with E-state index in [1.54, 1.807) is 28.6 Å². The maximum atomic E-state index is 14.3. The van der Waals surface area contributed by atoms with E-state index in [1.165, 1.54) is 11.3 Å². The molecule has 2 aromatic rings. The first kappa shape index (κ1) is 28.4. The summed E-state index contributed by atoms with van der Waals surface area (Å²) in [5.74, 6) is -0.258. The Morgan fingerprint density at radius 3 is 2.69 bits per heavy atom. The number of likely N-dealkylation sites (tertiary alicyclic amines) is 1. The third-order valence-electron chi connectivity index (χ3n) is 9.04. The molecule has 3 fully saturated rings. The Labute approximate surface area is 249 Å². The van der Waals surface area contributed by atoms with Gasteiger partial charge in [-0.3, -0.25) is 19.4 Å². The Hall–Kier alpha value is -3.67. The zero-order valence-corrected chi connectivity index (χ0v) is 24.6. The molecule has 2 saturated heterocycles. The standard InChI is InChI=1S/C30H37N5O6S/c1-31-27(36)21-6-2-3-7-22(21)28(37)35-12-9-19-5-4-8-24(26(19)23(35)17-34-13-14-40-30(34)39)41-20-10-11-33(16-20)29(38)25-15-32-18-42-25/h4-5,8,15,18,20-23H,2-3,6-7,9-14,16-17H2,1H3,(H,31,36)/t20?,21-,22+,23+/m0/s1. The van der Waals surface area contributed by atoms with E-state index in [-0.39, 0.29) is 42.4 Å². The van der Waals surface area contributed by atoms with Crippen molar-refractivity contribution in [3.05, 3.63) is 45.9 Å². The van der Waals surface area contributed by atoms with Crippen molar-refractivity contribution in [2.75, 3.05) is 46.4 Å². The minimum atomic E-state index is -0.438. The van der Waals surface area contributed by atoms with Crippen molar-refractivity contribution in [2.24, 2.45) is 11.8 Å². The molecule has 1 aromatic heterocycles. The molecule has 4 amide bonds. The number of amides is 4. The van der Waals surface area contributed by atoms with Gasteiger partial charge in [-0.2, -0.15) is 0 Å². The fourth-order valence-electron chi connectivity index (χ4n) is 6.90. The summed E-state index contributed by atoms with van der Waals surface area (Å²) >= 11 is 1.33. The second-order valence-corrected chi connectivity index (χ2v) is 12.3. The highest BCUT2D eigenvalue weighted by Crippen LogP contribution is 2.41. The van der Waals surface area contributed by atoms with Crippen LogP contribution in [-0.2, 0) is 20.7 Å². The molecule has 6 rings (SSSR count). The number of fused-ring (bicyclic) bond motifs is 1. The van der Waals surface area contributed by atoms with Gasteiger partial charge in [0.15, 0.2) is 0 Å². The SMILES string of the molecule is CNC(=O)[C@H]1CCCC[C@H]1C(=O)N1CCc2cccc(OC3CCN(C(=O)c4cncs4)C3)c2[C@H]1CN1CCOC1=O. The lowest BCUT2D eigenvalue weighted by Crippen LogP contribution is -2.50. The molecular weight excluding hydrogens is 558 g/mol. The number of hydrogen-bond donors (Lipinski definition) is 1. The third-order valence-corrected chi connectivity index (χ3v) is 9.81. The topological polar surface area (TPSA) is 121 Å². The first-order valence-corrected chi connectivity index (χ1v) is 15.7. The van der Waals surface area contributed by atoms with E-state index >= 15 is 0 Å². The molecule has 0 radical (unpaired) electrons. The normalized spacial score (nSPS) is 25.6. The Morgan fingerprint density at radius 2 is 1.95 bits per heavy atom. The van der Waals surface area contributed by atoms with Crippen LogP contribution in [0.5, 0.6) is 5.75 Å². The first-order chi connectivity index (χ1) is 20.4. The largest absolute Gasteiger partial charge is 0.488 e. The molecule has 1 aromatic carbocycles. The molecule has 12 heteroatoms. The number of carbonyl (C=O) groups excluding carboxylic acids is 4. The van der Waals surface area contributed by atoms with Gasteiger partial charge in [0.05, 0.1) is 30.8 Å². The quantitative estimate of drug-likeness (QED) is 0.523. The van der Waals surface area contributed by atoms with Crippen molar-refractivity contribution >= 4 is 35.2 Å². The van der Waals surface area contributed by atoms with Crippen LogP contribution >= 0.6 is 11.3 Å². The molecule has 0 spiro atoms. The van der Waals surface area contributed by atoms with Gasteiger partial charge in [0.2, 0.25) is 11.8 Å². The maximum Gasteiger partial charge on any atom is 0.410 e. The first-order valence-electron chi connectivity index (χ1n) is 14.8. The van der Waals surface area contributed by atoms with Gasteiger partial charge in [0, 0.05) is 50.5 Å². The Bertz CT molecular complexity index is 1340. The van der Waals surface area contributed by atoms with Gasteiger partial charge in [0.1, 0.15) is 23.3 Å². The number of hydrogen-bond acceptors (Lipinski definition) is 8. The molecule has 224 valence electrons. The second kappa shape index (κ2) is 12.3. The van der Waals surface area contributed by atoms with Crippen LogP contribution in [0.1, 0.15) is 58.9 Å². The molecule has 1 aliphatic carbocycles. The molecule has 1 N–H and O–H groups in total. The van der Waals surface area contributed by atoms with Crippen molar-refractivity contribution in [1.29, 1.82) is 0 Å². The van der Waals surface area contributed by atoms with Gasteiger partial charge in [-0.15, -0.1) is 11.3 Å². The van der Waals surface area contributed by atoms with Crippen molar-refractivity contribution in [2.45, 2.75) is 50.7 Å². The molecular formula is C30H37N5O6S. The highest BCUT2D eigenvalue weighted by atomic mass is 32.1. The summed E-state index contributed by atoms with van der Waals surface area (Å²) in [6, 6.07) is 5.50. The summed E-state index contributed by atoms with van der Waals surface area (Å²) in [6.07, 6.45) is 5.54. The third kappa shape index (κ3) is 5.56. The number of aromatic nitrogens is 1. The Morgan fingerprint density at radius 1 is 1.12 bits per heavy atom. The highest BCUT2D eigenvalue weighted by Gasteiger charge is 2.43. The highest BCUT2D eigenvalue weighted by molar-refractivity contribution is 7.11. The van der Waals surface area contributed by atoms with Gasteiger partial charge >= 0.3 is 6.09 Å². The van der Waals surface area contributed by atoms with E-state index in [9.17, 15) is 19.2 Å². The van der Waals surface area contributed by atoms with Gasteiger partial charge in [-0.25, -0.2) is 4.79 Å². The van der Waals surface area contributed by atoms with Crippen LogP contribution in [0.2, 0.25) is 0 Å². The number of ether oxygens (including phenoxy) is 2. The molecule has 1 unspecified atom stereocenters.